The highest BCUT2D eigenvalue weighted by Crippen LogP contribution is 2.17. The minimum Gasteiger partial charge on any atom is -0.383 e. The summed E-state index contributed by atoms with van der Waals surface area (Å²) in [5, 5.41) is 4.81. The number of hydrogen-bond donors (Lipinski definition) is 1. The van der Waals surface area contributed by atoms with Crippen molar-refractivity contribution in [2.45, 2.75) is 39.3 Å². The van der Waals surface area contributed by atoms with Crippen molar-refractivity contribution in [3.05, 3.63) is 29.3 Å². The molecule has 0 spiro atoms. The van der Waals surface area contributed by atoms with Crippen LogP contribution in [0.15, 0.2) is 24.5 Å². The van der Waals surface area contributed by atoms with Gasteiger partial charge in [0.15, 0.2) is 12.5 Å². The number of aromatic nitrogens is 4. The second kappa shape index (κ2) is 8.18. The third-order valence-corrected chi connectivity index (χ3v) is 4.80. The first-order valence-electron chi connectivity index (χ1n) is 8.64. The molecule has 8 heteroatoms. The van der Waals surface area contributed by atoms with E-state index in [1.54, 1.807) is 19.5 Å². The van der Waals surface area contributed by atoms with E-state index in [0.29, 0.717) is 13.2 Å². The van der Waals surface area contributed by atoms with Gasteiger partial charge < -0.3 is 14.4 Å². The number of nitrogens with one attached hydrogen (secondary N) is 1. The molecule has 0 aliphatic carbocycles. The maximum absolute atomic E-state index is 5.83. The predicted octanol–water partition coefficient (Wildman–Crippen LogP) is 0.772. The van der Waals surface area contributed by atoms with E-state index < -0.39 is 0 Å². The van der Waals surface area contributed by atoms with Gasteiger partial charge in [0.2, 0.25) is 4.77 Å². The van der Waals surface area contributed by atoms with E-state index in [4.69, 9.17) is 26.8 Å². The lowest BCUT2D eigenvalue weighted by Crippen LogP contribution is -3.14. The Bertz CT molecular complexity index is 735. The van der Waals surface area contributed by atoms with Gasteiger partial charge >= 0.3 is 0 Å². The Labute approximate surface area is 153 Å². The lowest BCUT2D eigenvalue weighted by molar-refractivity contribution is -0.937. The topological polar surface area (TPSA) is 58.5 Å². The van der Waals surface area contributed by atoms with Gasteiger partial charge in [-0.15, -0.1) is 5.10 Å². The zero-order valence-electron chi connectivity index (χ0n) is 15.0. The quantitative estimate of drug-likeness (QED) is 0.768. The van der Waals surface area contributed by atoms with Gasteiger partial charge in [-0.05, 0) is 38.2 Å². The molecule has 7 nitrogen and oxygen atoms in total. The molecule has 3 heterocycles. The Balaban J connectivity index is 1.89. The standard InChI is InChI=1S/C17H25N5O2S/c1-13-10-20(11-14(2)24-13)12-22-17(25)21(8-9-23-3)16(19-22)15-4-6-18-7-5-15/h4-7,13-14H,8-12H2,1-3H3/p+1/t13-,14-/m1/s1. The van der Waals surface area contributed by atoms with Gasteiger partial charge in [0.05, 0.1) is 13.2 Å². The fourth-order valence-electron chi connectivity index (χ4n) is 3.37. The van der Waals surface area contributed by atoms with E-state index in [1.807, 2.05) is 21.4 Å². The van der Waals surface area contributed by atoms with Crippen LogP contribution in [0, 0.1) is 4.77 Å². The average molecular weight is 364 g/mol. The molecule has 1 aliphatic rings. The van der Waals surface area contributed by atoms with Gasteiger partial charge in [0.25, 0.3) is 0 Å². The molecule has 136 valence electrons. The van der Waals surface area contributed by atoms with E-state index >= 15 is 0 Å². The number of rotatable bonds is 6. The number of ether oxygens (including phenoxy) is 2. The molecule has 1 aliphatic heterocycles. The summed E-state index contributed by atoms with van der Waals surface area (Å²) >= 11 is 5.70. The third-order valence-electron chi connectivity index (χ3n) is 4.37. The molecule has 1 N–H and O–H groups in total. The predicted molar refractivity (Wildman–Crippen MR) is 96.9 cm³/mol. The van der Waals surface area contributed by atoms with Crippen LogP contribution in [0.2, 0.25) is 0 Å². The first-order chi connectivity index (χ1) is 12.1. The van der Waals surface area contributed by atoms with Gasteiger partial charge in [0.1, 0.15) is 25.3 Å². The molecule has 25 heavy (non-hydrogen) atoms. The number of hydrogen-bond acceptors (Lipinski definition) is 5. The van der Waals surface area contributed by atoms with Gasteiger partial charge in [0, 0.05) is 25.1 Å². The normalized spacial score (nSPS) is 23.7. The minimum absolute atomic E-state index is 0.253. The monoisotopic (exact) mass is 364 g/mol. The third kappa shape index (κ3) is 4.33. The first kappa shape index (κ1) is 18.2. The summed E-state index contributed by atoms with van der Waals surface area (Å²) < 4.78 is 15.8. The number of methoxy groups -OCH3 is 1. The van der Waals surface area contributed by atoms with Crippen LogP contribution >= 0.6 is 12.2 Å². The second-order valence-corrected chi connectivity index (χ2v) is 6.92. The molecule has 2 aromatic heterocycles. The molecule has 1 saturated heterocycles. The average Bonchev–Trinajstić information content (AvgIpc) is 2.89. The van der Waals surface area contributed by atoms with Crippen molar-refractivity contribution in [1.29, 1.82) is 0 Å². The molecule has 2 atom stereocenters. The molecule has 0 unspecified atom stereocenters. The van der Waals surface area contributed by atoms with Crippen molar-refractivity contribution >= 4 is 12.2 Å². The van der Waals surface area contributed by atoms with Crippen LogP contribution in [0.1, 0.15) is 13.8 Å². The zero-order valence-corrected chi connectivity index (χ0v) is 15.8. The van der Waals surface area contributed by atoms with Crippen LogP contribution < -0.4 is 4.90 Å². The highest BCUT2D eigenvalue weighted by molar-refractivity contribution is 7.71. The molecule has 0 radical (unpaired) electrons. The number of morpholine rings is 1. The molecule has 2 aromatic rings. The summed E-state index contributed by atoms with van der Waals surface area (Å²) in [6.45, 7) is 8.18. The van der Waals surface area contributed by atoms with E-state index in [-0.39, 0.29) is 12.2 Å². The second-order valence-electron chi connectivity index (χ2n) is 6.56. The first-order valence-corrected chi connectivity index (χ1v) is 9.05. The van der Waals surface area contributed by atoms with E-state index in [0.717, 1.165) is 35.9 Å². The maximum atomic E-state index is 5.83. The van der Waals surface area contributed by atoms with Crippen LogP contribution in [-0.4, -0.2) is 58.3 Å². The zero-order chi connectivity index (χ0) is 17.8. The highest BCUT2D eigenvalue weighted by Gasteiger charge is 2.26. The van der Waals surface area contributed by atoms with Gasteiger partial charge in [-0.3, -0.25) is 9.55 Å². The summed E-state index contributed by atoms with van der Waals surface area (Å²) in [6, 6.07) is 3.91. The molecular weight excluding hydrogens is 338 g/mol. The SMILES string of the molecule is COCCn1c(-c2ccncc2)nn(C[NH+]2C[C@@H](C)O[C@H](C)C2)c1=S. The Morgan fingerprint density at radius 3 is 2.60 bits per heavy atom. The number of nitrogens with zero attached hydrogens (tertiary/aromatic N) is 4. The molecule has 3 rings (SSSR count). The van der Waals surface area contributed by atoms with Crippen molar-refractivity contribution in [2.75, 3.05) is 26.8 Å². The molecule has 1 fully saturated rings. The fraction of sp³-hybridized carbons (Fsp3) is 0.588. The lowest BCUT2D eigenvalue weighted by Gasteiger charge is -2.32. The lowest BCUT2D eigenvalue weighted by atomic mass is 10.2. The maximum Gasteiger partial charge on any atom is 0.203 e. The van der Waals surface area contributed by atoms with Crippen molar-refractivity contribution in [3.8, 4) is 11.4 Å². The molecule has 0 aromatic carbocycles. The van der Waals surface area contributed by atoms with Crippen molar-refractivity contribution in [1.82, 2.24) is 19.3 Å². The molecule has 0 amide bonds. The molecule has 0 bridgehead atoms. The minimum atomic E-state index is 0.253. The van der Waals surface area contributed by atoms with Gasteiger partial charge in [-0.2, -0.15) is 4.68 Å². The summed E-state index contributed by atoms with van der Waals surface area (Å²) in [6.07, 6.45) is 4.05. The Morgan fingerprint density at radius 2 is 1.96 bits per heavy atom. The van der Waals surface area contributed by atoms with Crippen LogP contribution in [-0.2, 0) is 22.7 Å². The van der Waals surface area contributed by atoms with Crippen molar-refractivity contribution in [3.63, 3.8) is 0 Å². The van der Waals surface area contributed by atoms with Crippen molar-refractivity contribution in [2.24, 2.45) is 0 Å². The van der Waals surface area contributed by atoms with Crippen LogP contribution in [0.25, 0.3) is 11.4 Å². The van der Waals surface area contributed by atoms with E-state index in [1.165, 1.54) is 4.90 Å². The number of pyridine rings is 1. The smallest absolute Gasteiger partial charge is 0.203 e. The Morgan fingerprint density at radius 1 is 1.28 bits per heavy atom. The van der Waals surface area contributed by atoms with Gasteiger partial charge in [-0.25, -0.2) is 0 Å². The summed E-state index contributed by atoms with van der Waals surface area (Å²) in [4.78, 5) is 5.52. The molecular formula is C17H26N5O2S+. The van der Waals surface area contributed by atoms with Crippen molar-refractivity contribution < 1.29 is 14.4 Å². The fourth-order valence-corrected chi connectivity index (χ4v) is 3.66. The summed E-state index contributed by atoms with van der Waals surface area (Å²) in [5.74, 6) is 0.859. The summed E-state index contributed by atoms with van der Waals surface area (Å²) in [5.41, 5.74) is 1.01. The largest absolute Gasteiger partial charge is 0.383 e. The van der Waals surface area contributed by atoms with Crippen LogP contribution in [0.4, 0.5) is 0 Å². The summed E-state index contributed by atoms with van der Waals surface area (Å²) in [7, 11) is 1.70. The Kier molecular flexibility index (Phi) is 5.95. The van der Waals surface area contributed by atoms with Gasteiger partial charge in [-0.1, -0.05) is 0 Å². The molecule has 0 saturated carbocycles. The Hall–Kier alpha value is -1.61. The van der Waals surface area contributed by atoms with E-state index in [2.05, 4.69) is 18.8 Å². The highest BCUT2D eigenvalue weighted by atomic mass is 32.1. The van der Waals surface area contributed by atoms with E-state index in [9.17, 15) is 0 Å². The van der Waals surface area contributed by atoms with Crippen LogP contribution in [0.5, 0.6) is 0 Å². The number of quaternary nitrogens is 1. The van der Waals surface area contributed by atoms with Crippen LogP contribution in [0.3, 0.4) is 0 Å².